The van der Waals surface area contributed by atoms with Gasteiger partial charge in [0.2, 0.25) is 0 Å². The summed E-state index contributed by atoms with van der Waals surface area (Å²) in [6.07, 6.45) is 6.93. The van der Waals surface area contributed by atoms with Gasteiger partial charge in [0.1, 0.15) is 11.9 Å². The summed E-state index contributed by atoms with van der Waals surface area (Å²) < 4.78 is 8.62. The van der Waals surface area contributed by atoms with Gasteiger partial charge in [-0.05, 0) is 5.56 Å². The first-order valence-corrected chi connectivity index (χ1v) is 8.28. The predicted molar refractivity (Wildman–Crippen MR) is 97.8 cm³/mol. The molecule has 26 heavy (non-hydrogen) atoms. The molecule has 0 radical (unpaired) electrons. The number of urea groups is 1. The normalized spacial score (nSPS) is 11.9. The van der Waals surface area contributed by atoms with Crippen molar-refractivity contribution < 1.29 is 9.53 Å². The number of hydrogen-bond acceptors (Lipinski definition) is 4. The molecule has 0 fully saturated rings. The molecule has 0 aliphatic carbocycles. The Bertz CT molecular complexity index is 842. The Morgan fingerprint density at radius 2 is 2.12 bits per heavy atom. The zero-order valence-corrected chi connectivity index (χ0v) is 14.8. The Morgan fingerprint density at radius 3 is 2.81 bits per heavy atom. The molecule has 2 N–H and O–H groups in total. The molecule has 0 aliphatic rings. The number of imidazole rings is 1. The highest BCUT2D eigenvalue weighted by molar-refractivity contribution is 5.89. The molecule has 1 atom stereocenters. The number of ether oxygens (including phenoxy) is 1. The van der Waals surface area contributed by atoms with Crippen LogP contribution in [0.3, 0.4) is 0 Å². The maximum atomic E-state index is 12.5. The summed E-state index contributed by atoms with van der Waals surface area (Å²) in [7, 11) is 3.54. The molecule has 3 aromatic rings. The number of rotatable bonds is 7. The van der Waals surface area contributed by atoms with E-state index in [1.807, 2.05) is 48.1 Å². The number of methoxy groups -OCH3 is 1. The number of nitrogens with one attached hydrogen (secondary N) is 2. The van der Waals surface area contributed by atoms with Crippen LogP contribution < -0.4 is 10.6 Å². The fourth-order valence-electron chi connectivity index (χ4n) is 2.63. The van der Waals surface area contributed by atoms with Crippen molar-refractivity contribution in [2.24, 2.45) is 7.05 Å². The molecule has 2 aromatic heterocycles. The van der Waals surface area contributed by atoms with Crippen molar-refractivity contribution in [3.05, 3.63) is 66.5 Å². The first-order valence-electron chi connectivity index (χ1n) is 8.28. The number of carbonyl (C=O) groups excluding carboxylic acids is 1. The van der Waals surface area contributed by atoms with Crippen molar-refractivity contribution in [2.45, 2.75) is 12.6 Å². The van der Waals surface area contributed by atoms with E-state index in [2.05, 4.69) is 20.7 Å². The molecule has 0 saturated heterocycles. The van der Waals surface area contributed by atoms with Gasteiger partial charge in [0, 0.05) is 32.7 Å². The first kappa shape index (κ1) is 17.7. The van der Waals surface area contributed by atoms with Crippen LogP contribution in [0.4, 0.5) is 10.5 Å². The van der Waals surface area contributed by atoms with Crippen molar-refractivity contribution in [3.63, 3.8) is 0 Å². The molecule has 0 saturated carbocycles. The van der Waals surface area contributed by atoms with Crippen molar-refractivity contribution in [1.29, 1.82) is 0 Å². The zero-order valence-electron chi connectivity index (χ0n) is 14.8. The van der Waals surface area contributed by atoms with E-state index >= 15 is 0 Å². The van der Waals surface area contributed by atoms with Crippen LogP contribution in [0.2, 0.25) is 0 Å². The highest BCUT2D eigenvalue weighted by Gasteiger charge is 2.20. The molecular weight excluding hydrogens is 332 g/mol. The van der Waals surface area contributed by atoms with E-state index in [1.54, 1.807) is 30.4 Å². The number of carbonyl (C=O) groups is 1. The Balaban J connectivity index is 1.72. The minimum absolute atomic E-state index is 0.326. The van der Waals surface area contributed by atoms with Gasteiger partial charge in [-0.2, -0.15) is 5.10 Å². The molecular formula is C18H22N6O2. The van der Waals surface area contributed by atoms with E-state index < -0.39 is 0 Å². The van der Waals surface area contributed by atoms with E-state index in [0.29, 0.717) is 18.8 Å². The molecule has 1 aromatic carbocycles. The van der Waals surface area contributed by atoms with Crippen LogP contribution in [-0.2, 0) is 18.3 Å². The molecule has 2 heterocycles. The number of aryl methyl sites for hydroxylation is 1. The van der Waals surface area contributed by atoms with Gasteiger partial charge in [-0.3, -0.25) is 4.68 Å². The van der Waals surface area contributed by atoms with Crippen LogP contribution in [0.25, 0.3) is 0 Å². The minimum Gasteiger partial charge on any atom is -0.383 e. The lowest BCUT2D eigenvalue weighted by Gasteiger charge is -2.19. The summed E-state index contributed by atoms with van der Waals surface area (Å²) in [5.41, 5.74) is 1.57. The van der Waals surface area contributed by atoms with Gasteiger partial charge in [0.05, 0.1) is 25.0 Å². The summed E-state index contributed by atoms with van der Waals surface area (Å²) in [6.45, 7) is 1.18. The average molecular weight is 354 g/mol. The Hall–Kier alpha value is -3.13. The van der Waals surface area contributed by atoms with Crippen molar-refractivity contribution in [1.82, 2.24) is 24.6 Å². The highest BCUT2D eigenvalue weighted by Crippen LogP contribution is 2.20. The SMILES string of the molecule is COCCn1cc(NC(=O)NC(c2ccccc2)c2nccn2C)cn1. The monoisotopic (exact) mass is 354 g/mol. The Labute approximate surface area is 151 Å². The quantitative estimate of drug-likeness (QED) is 0.681. The lowest BCUT2D eigenvalue weighted by molar-refractivity contribution is 0.183. The van der Waals surface area contributed by atoms with Gasteiger partial charge >= 0.3 is 6.03 Å². The maximum absolute atomic E-state index is 12.5. The van der Waals surface area contributed by atoms with Gasteiger partial charge in [0.15, 0.2) is 0 Å². The van der Waals surface area contributed by atoms with Gasteiger partial charge in [-0.1, -0.05) is 30.3 Å². The third-order valence-corrected chi connectivity index (χ3v) is 3.94. The average Bonchev–Trinajstić information content (AvgIpc) is 3.27. The van der Waals surface area contributed by atoms with Gasteiger partial charge in [-0.25, -0.2) is 9.78 Å². The Kier molecular flexibility index (Phi) is 5.65. The topological polar surface area (TPSA) is 86.0 Å². The van der Waals surface area contributed by atoms with E-state index in [-0.39, 0.29) is 12.1 Å². The summed E-state index contributed by atoms with van der Waals surface area (Å²) >= 11 is 0. The van der Waals surface area contributed by atoms with Crippen LogP contribution in [-0.4, -0.2) is 39.1 Å². The lowest BCUT2D eigenvalue weighted by Crippen LogP contribution is -2.34. The summed E-state index contributed by atoms with van der Waals surface area (Å²) in [5, 5.41) is 9.98. The smallest absolute Gasteiger partial charge is 0.320 e. The summed E-state index contributed by atoms with van der Waals surface area (Å²) in [4.78, 5) is 16.9. The Morgan fingerprint density at radius 1 is 1.31 bits per heavy atom. The number of nitrogens with zero attached hydrogens (tertiary/aromatic N) is 4. The number of anilines is 1. The predicted octanol–water partition coefficient (Wildman–Crippen LogP) is 2.17. The molecule has 0 bridgehead atoms. The van der Waals surface area contributed by atoms with Crippen LogP contribution >= 0.6 is 0 Å². The zero-order chi connectivity index (χ0) is 18.4. The molecule has 8 heteroatoms. The second-order valence-corrected chi connectivity index (χ2v) is 5.82. The van der Waals surface area contributed by atoms with Crippen LogP contribution in [0.5, 0.6) is 0 Å². The van der Waals surface area contributed by atoms with E-state index in [0.717, 1.165) is 11.4 Å². The fraction of sp³-hybridized carbons (Fsp3) is 0.278. The molecule has 0 aliphatic heterocycles. The van der Waals surface area contributed by atoms with Gasteiger partial charge in [-0.15, -0.1) is 0 Å². The molecule has 8 nitrogen and oxygen atoms in total. The minimum atomic E-state index is -0.361. The first-order chi connectivity index (χ1) is 12.7. The number of amides is 2. The number of benzene rings is 1. The summed E-state index contributed by atoms with van der Waals surface area (Å²) in [5.74, 6) is 0.752. The van der Waals surface area contributed by atoms with Gasteiger partial charge in [0.25, 0.3) is 0 Å². The third-order valence-electron chi connectivity index (χ3n) is 3.94. The fourth-order valence-corrected chi connectivity index (χ4v) is 2.63. The van der Waals surface area contributed by atoms with Crippen LogP contribution in [0, 0.1) is 0 Å². The van der Waals surface area contributed by atoms with Crippen molar-refractivity contribution in [2.75, 3.05) is 19.0 Å². The molecule has 0 spiro atoms. The summed E-state index contributed by atoms with van der Waals surface area (Å²) in [6, 6.07) is 9.04. The second-order valence-electron chi connectivity index (χ2n) is 5.82. The number of hydrogen-bond donors (Lipinski definition) is 2. The van der Waals surface area contributed by atoms with Crippen molar-refractivity contribution >= 4 is 11.7 Å². The van der Waals surface area contributed by atoms with Crippen LogP contribution in [0.15, 0.2) is 55.1 Å². The number of aromatic nitrogens is 4. The standard InChI is InChI=1S/C18H22N6O2/c1-23-9-8-19-17(23)16(14-6-4-3-5-7-14)22-18(25)21-15-12-20-24(13-15)10-11-26-2/h3-9,12-13,16H,10-11H2,1-2H3,(H2,21,22,25). The lowest BCUT2D eigenvalue weighted by atomic mass is 10.1. The second kappa shape index (κ2) is 8.30. The molecule has 1 unspecified atom stereocenters. The third kappa shape index (κ3) is 4.28. The van der Waals surface area contributed by atoms with Crippen LogP contribution in [0.1, 0.15) is 17.4 Å². The molecule has 2 amide bonds. The van der Waals surface area contributed by atoms with Crippen molar-refractivity contribution in [3.8, 4) is 0 Å². The van der Waals surface area contributed by atoms with E-state index in [9.17, 15) is 4.79 Å². The maximum Gasteiger partial charge on any atom is 0.320 e. The highest BCUT2D eigenvalue weighted by atomic mass is 16.5. The largest absolute Gasteiger partial charge is 0.383 e. The van der Waals surface area contributed by atoms with Gasteiger partial charge < -0.3 is 19.9 Å². The van der Waals surface area contributed by atoms with E-state index in [4.69, 9.17) is 4.74 Å². The molecule has 136 valence electrons. The molecule has 3 rings (SSSR count). The van der Waals surface area contributed by atoms with E-state index in [1.165, 1.54) is 0 Å².